The van der Waals surface area contributed by atoms with Crippen LogP contribution >= 0.6 is 0 Å². The van der Waals surface area contributed by atoms with Gasteiger partial charge in [0.1, 0.15) is 6.23 Å². The number of aliphatic hydroxyl groups is 1. The Kier molecular flexibility index (Phi) is 1.87. The second-order valence-corrected chi connectivity index (χ2v) is 3.31. The van der Waals surface area contributed by atoms with E-state index < -0.39 is 6.23 Å². The van der Waals surface area contributed by atoms with Crippen molar-refractivity contribution in [3.63, 3.8) is 0 Å². The van der Waals surface area contributed by atoms with Gasteiger partial charge < -0.3 is 5.11 Å². The standard InChI is InChI=1S/C10H13NO/c1-7-2-3-8-4-5-11-10(12)9(8)6-7/h2-3,6,10-12H,4-5H2,1H3. The molecule has 1 aromatic rings. The normalized spacial score (nSPS) is 22.0. The minimum Gasteiger partial charge on any atom is -0.374 e. The molecule has 1 atom stereocenters. The van der Waals surface area contributed by atoms with Gasteiger partial charge in [0, 0.05) is 6.54 Å². The Balaban J connectivity index is 2.47. The summed E-state index contributed by atoms with van der Waals surface area (Å²) in [5.74, 6) is 0. The molecule has 1 unspecified atom stereocenters. The third-order valence-corrected chi connectivity index (χ3v) is 2.33. The highest BCUT2D eigenvalue weighted by molar-refractivity contribution is 5.34. The number of benzene rings is 1. The summed E-state index contributed by atoms with van der Waals surface area (Å²) in [6.07, 6.45) is 0.556. The largest absolute Gasteiger partial charge is 0.374 e. The van der Waals surface area contributed by atoms with Crippen LogP contribution in [0.1, 0.15) is 22.9 Å². The van der Waals surface area contributed by atoms with Crippen LogP contribution in [0.5, 0.6) is 0 Å². The summed E-state index contributed by atoms with van der Waals surface area (Å²) >= 11 is 0. The zero-order valence-corrected chi connectivity index (χ0v) is 7.17. The van der Waals surface area contributed by atoms with Crippen molar-refractivity contribution >= 4 is 0 Å². The molecule has 12 heavy (non-hydrogen) atoms. The molecule has 0 bridgehead atoms. The molecule has 2 heteroatoms. The Morgan fingerprint density at radius 1 is 1.50 bits per heavy atom. The van der Waals surface area contributed by atoms with Crippen molar-refractivity contribution in [2.24, 2.45) is 0 Å². The maximum atomic E-state index is 9.57. The first-order chi connectivity index (χ1) is 5.77. The van der Waals surface area contributed by atoms with Crippen molar-refractivity contribution in [1.82, 2.24) is 5.32 Å². The predicted octanol–water partition coefficient (Wildman–Crippen LogP) is 1.13. The van der Waals surface area contributed by atoms with Crippen LogP contribution < -0.4 is 5.32 Å². The average molecular weight is 163 g/mol. The Labute approximate surface area is 72.2 Å². The summed E-state index contributed by atoms with van der Waals surface area (Å²) in [5, 5.41) is 12.6. The Hall–Kier alpha value is -0.860. The summed E-state index contributed by atoms with van der Waals surface area (Å²) in [5.41, 5.74) is 3.52. The van der Waals surface area contributed by atoms with Crippen molar-refractivity contribution in [2.45, 2.75) is 19.6 Å². The summed E-state index contributed by atoms with van der Waals surface area (Å²) < 4.78 is 0. The number of hydrogen-bond acceptors (Lipinski definition) is 2. The summed E-state index contributed by atoms with van der Waals surface area (Å²) in [4.78, 5) is 0. The zero-order chi connectivity index (χ0) is 8.55. The van der Waals surface area contributed by atoms with Crippen LogP contribution in [0.25, 0.3) is 0 Å². The Bertz CT molecular complexity index is 296. The minimum atomic E-state index is -0.464. The van der Waals surface area contributed by atoms with Crippen LogP contribution in [0.15, 0.2) is 18.2 Å². The van der Waals surface area contributed by atoms with Gasteiger partial charge in [-0.3, -0.25) is 5.32 Å². The molecule has 1 aromatic carbocycles. The summed E-state index contributed by atoms with van der Waals surface area (Å²) in [7, 11) is 0. The van der Waals surface area contributed by atoms with E-state index in [4.69, 9.17) is 0 Å². The highest BCUT2D eigenvalue weighted by Gasteiger charge is 2.16. The number of aryl methyl sites for hydroxylation is 1. The molecule has 2 nitrogen and oxygen atoms in total. The van der Waals surface area contributed by atoms with Crippen LogP contribution in [0.4, 0.5) is 0 Å². The van der Waals surface area contributed by atoms with Crippen molar-refractivity contribution in [1.29, 1.82) is 0 Å². The monoisotopic (exact) mass is 163 g/mol. The van der Waals surface area contributed by atoms with Gasteiger partial charge in [0.15, 0.2) is 0 Å². The highest BCUT2D eigenvalue weighted by Crippen LogP contribution is 2.21. The molecule has 2 N–H and O–H groups in total. The minimum absolute atomic E-state index is 0.464. The third kappa shape index (κ3) is 1.24. The number of aliphatic hydroxyl groups excluding tert-OH is 1. The molecule has 1 aliphatic rings. The van der Waals surface area contributed by atoms with Crippen LogP contribution in [0.3, 0.4) is 0 Å². The van der Waals surface area contributed by atoms with E-state index in [9.17, 15) is 5.11 Å². The van der Waals surface area contributed by atoms with Gasteiger partial charge in [0.25, 0.3) is 0 Å². The first-order valence-corrected chi connectivity index (χ1v) is 4.28. The van der Waals surface area contributed by atoms with Crippen molar-refractivity contribution in [2.75, 3.05) is 6.54 Å². The zero-order valence-electron chi connectivity index (χ0n) is 7.17. The second-order valence-electron chi connectivity index (χ2n) is 3.31. The molecule has 1 aliphatic heterocycles. The van der Waals surface area contributed by atoms with Gasteiger partial charge in [-0.1, -0.05) is 23.8 Å². The first kappa shape index (κ1) is 7.77. The van der Waals surface area contributed by atoms with Crippen LogP contribution in [-0.4, -0.2) is 11.7 Å². The van der Waals surface area contributed by atoms with Gasteiger partial charge in [-0.15, -0.1) is 0 Å². The van der Waals surface area contributed by atoms with Gasteiger partial charge in [0.2, 0.25) is 0 Å². The van der Waals surface area contributed by atoms with Crippen LogP contribution in [0, 0.1) is 6.92 Å². The molecule has 0 aliphatic carbocycles. The van der Waals surface area contributed by atoms with E-state index in [1.807, 2.05) is 13.0 Å². The molecular formula is C10H13NO. The molecule has 0 fully saturated rings. The maximum absolute atomic E-state index is 9.57. The van der Waals surface area contributed by atoms with Crippen molar-refractivity contribution in [3.05, 3.63) is 34.9 Å². The van der Waals surface area contributed by atoms with Crippen molar-refractivity contribution in [3.8, 4) is 0 Å². The first-order valence-electron chi connectivity index (χ1n) is 4.28. The lowest BCUT2D eigenvalue weighted by Crippen LogP contribution is -2.29. The number of nitrogens with one attached hydrogen (secondary N) is 1. The number of rotatable bonds is 0. The fourth-order valence-corrected chi connectivity index (χ4v) is 1.65. The van der Waals surface area contributed by atoms with Crippen molar-refractivity contribution < 1.29 is 5.11 Å². The molecular weight excluding hydrogens is 150 g/mol. The fourth-order valence-electron chi connectivity index (χ4n) is 1.65. The third-order valence-electron chi connectivity index (χ3n) is 2.33. The molecule has 1 heterocycles. The second kappa shape index (κ2) is 2.88. The van der Waals surface area contributed by atoms with E-state index in [0.717, 1.165) is 18.5 Å². The lowest BCUT2D eigenvalue weighted by molar-refractivity contribution is 0.132. The maximum Gasteiger partial charge on any atom is 0.131 e. The molecule has 0 radical (unpaired) electrons. The van der Waals surface area contributed by atoms with E-state index in [1.165, 1.54) is 11.1 Å². The molecule has 0 saturated heterocycles. The molecule has 64 valence electrons. The van der Waals surface area contributed by atoms with Crippen LogP contribution in [0.2, 0.25) is 0 Å². The summed E-state index contributed by atoms with van der Waals surface area (Å²) in [6.45, 7) is 2.92. The topological polar surface area (TPSA) is 32.3 Å². The molecule has 0 amide bonds. The molecule has 2 rings (SSSR count). The average Bonchev–Trinajstić information content (AvgIpc) is 2.07. The Morgan fingerprint density at radius 2 is 2.33 bits per heavy atom. The Morgan fingerprint density at radius 3 is 3.17 bits per heavy atom. The van der Waals surface area contributed by atoms with Gasteiger partial charge in [-0.05, 0) is 24.5 Å². The lowest BCUT2D eigenvalue weighted by atomic mass is 9.98. The van der Waals surface area contributed by atoms with Gasteiger partial charge in [0.05, 0.1) is 0 Å². The van der Waals surface area contributed by atoms with E-state index in [0.29, 0.717) is 0 Å². The quantitative estimate of drug-likeness (QED) is 0.601. The number of hydrogen-bond donors (Lipinski definition) is 2. The van der Waals surface area contributed by atoms with Gasteiger partial charge in [-0.2, -0.15) is 0 Å². The van der Waals surface area contributed by atoms with Gasteiger partial charge >= 0.3 is 0 Å². The fraction of sp³-hybridized carbons (Fsp3) is 0.400. The van der Waals surface area contributed by atoms with Crippen LogP contribution in [-0.2, 0) is 6.42 Å². The highest BCUT2D eigenvalue weighted by atomic mass is 16.3. The van der Waals surface area contributed by atoms with E-state index >= 15 is 0 Å². The lowest BCUT2D eigenvalue weighted by Gasteiger charge is -2.22. The predicted molar refractivity (Wildman–Crippen MR) is 47.8 cm³/mol. The molecule has 0 spiro atoms. The number of fused-ring (bicyclic) bond motifs is 1. The summed E-state index contributed by atoms with van der Waals surface area (Å²) in [6, 6.07) is 6.25. The van der Waals surface area contributed by atoms with E-state index in [1.54, 1.807) is 0 Å². The SMILES string of the molecule is Cc1ccc2c(c1)C(O)NCC2. The van der Waals surface area contributed by atoms with Gasteiger partial charge in [-0.25, -0.2) is 0 Å². The smallest absolute Gasteiger partial charge is 0.131 e. The molecule has 0 aromatic heterocycles. The molecule has 0 saturated carbocycles. The van der Waals surface area contributed by atoms with E-state index in [-0.39, 0.29) is 0 Å². The van der Waals surface area contributed by atoms with E-state index in [2.05, 4.69) is 17.4 Å².